The molecule has 5 heteroatoms. The van der Waals surface area contributed by atoms with Crippen LogP contribution in [0.4, 0.5) is 0 Å². The number of carbonyl (C=O) groups excluding carboxylic acids is 1. The molecule has 2 fully saturated rings. The summed E-state index contributed by atoms with van der Waals surface area (Å²) in [5.41, 5.74) is 0.537. The van der Waals surface area contributed by atoms with Crippen molar-refractivity contribution in [1.29, 1.82) is 0 Å². The van der Waals surface area contributed by atoms with Crippen LogP contribution in [-0.4, -0.2) is 54.2 Å². The molecule has 21 heavy (non-hydrogen) atoms. The minimum atomic E-state index is 0.0379. The van der Waals surface area contributed by atoms with Crippen LogP contribution >= 0.6 is 0 Å². The Labute approximate surface area is 125 Å². The summed E-state index contributed by atoms with van der Waals surface area (Å²) in [5.74, 6) is 0.0379. The Balaban J connectivity index is 1.47. The van der Waals surface area contributed by atoms with E-state index in [9.17, 15) is 4.79 Å². The van der Waals surface area contributed by atoms with E-state index >= 15 is 0 Å². The zero-order valence-electron chi connectivity index (χ0n) is 12.3. The van der Waals surface area contributed by atoms with E-state index in [1.807, 2.05) is 17.0 Å². The molecule has 0 spiro atoms. The average molecular weight is 289 g/mol. The number of aromatic nitrogens is 1. The minimum Gasteiger partial charge on any atom is -0.375 e. The molecule has 2 aliphatic rings. The molecule has 5 nitrogen and oxygen atoms in total. The van der Waals surface area contributed by atoms with Crippen molar-refractivity contribution in [2.45, 2.75) is 37.9 Å². The second-order valence-corrected chi connectivity index (χ2v) is 5.79. The molecule has 0 saturated carbocycles. The van der Waals surface area contributed by atoms with Gasteiger partial charge in [0.25, 0.3) is 5.91 Å². The maximum Gasteiger partial charge on any atom is 0.272 e. The quantitative estimate of drug-likeness (QED) is 0.915. The summed E-state index contributed by atoms with van der Waals surface area (Å²) in [6.07, 6.45) is 6.45. The third-order valence-corrected chi connectivity index (χ3v) is 4.28. The van der Waals surface area contributed by atoms with E-state index in [1.54, 1.807) is 12.3 Å². The van der Waals surface area contributed by atoms with Crippen LogP contribution in [0.1, 0.15) is 36.2 Å². The van der Waals surface area contributed by atoms with Crippen molar-refractivity contribution in [3.05, 3.63) is 30.1 Å². The average Bonchev–Trinajstić information content (AvgIpc) is 2.57. The highest BCUT2D eigenvalue weighted by Gasteiger charge is 2.26. The van der Waals surface area contributed by atoms with Crippen molar-refractivity contribution in [3.8, 4) is 0 Å². The van der Waals surface area contributed by atoms with Crippen molar-refractivity contribution in [2.24, 2.45) is 0 Å². The molecule has 0 bridgehead atoms. The van der Waals surface area contributed by atoms with E-state index in [0.29, 0.717) is 17.9 Å². The predicted octanol–water partition coefficient (Wildman–Crippen LogP) is 1.45. The first-order valence-electron chi connectivity index (χ1n) is 7.89. The van der Waals surface area contributed by atoms with E-state index in [-0.39, 0.29) is 5.91 Å². The van der Waals surface area contributed by atoms with Crippen LogP contribution in [0.15, 0.2) is 24.4 Å². The van der Waals surface area contributed by atoms with Crippen molar-refractivity contribution < 1.29 is 9.53 Å². The summed E-state index contributed by atoms with van der Waals surface area (Å²) in [7, 11) is 0. The molecule has 1 N–H and O–H groups in total. The molecule has 3 rings (SSSR count). The fourth-order valence-electron chi connectivity index (χ4n) is 3.05. The lowest BCUT2D eigenvalue weighted by molar-refractivity contribution is -0.0500. The van der Waals surface area contributed by atoms with Crippen LogP contribution in [0.3, 0.4) is 0 Å². The number of carbonyl (C=O) groups is 1. The highest BCUT2D eigenvalue weighted by molar-refractivity contribution is 5.92. The normalized spacial score (nSPS) is 21.4. The number of nitrogens with one attached hydrogen (secondary N) is 1. The zero-order valence-corrected chi connectivity index (χ0v) is 12.3. The summed E-state index contributed by atoms with van der Waals surface area (Å²) in [4.78, 5) is 18.3. The van der Waals surface area contributed by atoms with E-state index < -0.39 is 0 Å². The third-order valence-electron chi connectivity index (χ3n) is 4.28. The van der Waals surface area contributed by atoms with Crippen molar-refractivity contribution in [2.75, 3.05) is 26.2 Å². The summed E-state index contributed by atoms with van der Waals surface area (Å²) in [6.45, 7) is 3.65. The van der Waals surface area contributed by atoms with Gasteiger partial charge >= 0.3 is 0 Å². The fraction of sp³-hybridized carbons (Fsp3) is 0.625. The van der Waals surface area contributed by atoms with Crippen molar-refractivity contribution >= 4 is 5.91 Å². The Kier molecular flexibility index (Phi) is 4.83. The smallest absolute Gasteiger partial charge is 0.272 e. The van der Waals surface area contributed by atoms with E-state index in [1.165, 1.54) is 0 Å². The first kappa shape index (κ1) is 14.5. The number of hydrogen-bond acceptors (Lipinski definition) is 4. The zero-order chi connectivity index (χ0) is 14.5. The predicted molar refractivity (Wildman–Crippen MR) is 80.1 cm³/mol. The number of nitrogens with zero attached hydrogens (tertiary/aromatic N) is 2. The maximum absolute atomic E-state index is 12.3. The van der Waals surface area contributed by atoms with Crippen molar-refractivity contribution in [1.82, 2.24) is 15.2 Å². The summed E-state index contributed by atoms with van der Waals surface area (Å²) < 4.78 is 6.17. The number of pyridine rings is 1. The molecule has 1 aromatic heterocycles. The van der Waals surface area contributed by atoms with Crippen LogP contribution < -0.4 is 5.32 Å². The number of rotatable bonds is 3. The molecule has 114 valence electrons. The summed E-state index contributed by atoms with van der Waals surface area (Å²) in [5, 5.41) is 3.35. The fourth-order valence-corrected chi connectivity index (χ4v) is 3.05. The second-order valence-electron chi connectivity index (χ2n) is 5.79. The molecule has 0 radical (unpaired) electrons. The SMILES string of the molecule is O=C(c1ccccn1)N1CCC(OC2CCNCC2)CC1. The summed E-state index contributed by atoms with van der Waals surface area (Å²) >= 11 is 0. The Morgan fingerprint density at radius 2 is 1.86 bits per heavy atom. The third kappa shape index (κ3) is 3.80. The molecule has 1 aromatic rings. The van der Waals surface area contributed by atoms with Gasteiger partial charge in [0, 0.05) is 19.3 Å². The van der Waals surface area contributed by atoms with E-state index in [0.717, 1.165) is 51.9 Å². The molecular formula is C16H23N3O2. The molecule has 0 atom stereocenters. The molecule has 0 aliphatic carbocycles. The van der Waals surface area contributed by atoms with Crippen LogP contribution in [0.25, 0.3) is 0 Å². The summed E-state index contributed by atoms with van der Waals surface area (Å²) in [6, 6.07) is 5.46. The van der Waals surface area contributed by atoms with E-state index in [2.05, 4.69) is 10.3 Å². The lowest BCUT2D eigenvalue weighted by Gasteiger charge is -2.34. The van der Waals surface area contributed by atoms with Gasteiger partial charge in [0.05, 0.1) is 12.2 Å². The number of likely N-dealkylation sites (tertiary alicyclic amines) is 1. The Hall–Kier alpha value is -1.46. The number of amides is 1. The Bertz CT molecular complexity index is 452. The highest BCUT2D eigenvalue weighted by Crippen LogP contribution is 2.19. The van der Waals surface area contributed by atoms with Gasteiger partial charge < -0.3 is 15.0 Å². The molecule has 2 aliphatic heterocycles. The van der Waals surface area contributed by atoms with Gasteiger partial charge in [-0.3, -0.25) is 9.78 Å². The Morgan fingerprint density at radius 3 is 2.52 bits per heavy atom. The van der Waals surface area contributed by atoms with Crippen LogP contribution in [0, 0.1) is 0 Å². The molecule has 2 saturated heterocycles. The molecule has 3 heterocycles. The number of piperidine rings is 2. The van der Waals surface area contributed by atoms with Gasteiger partial charge in [-0.15, -0.1) is 0 Å². The molecule has 0 aromatic carbocycles. The molecule has 1 amide bonds. The maximum atomic E-state index is 12.3. The van der Waals surface area contributed by atoms with Gasteiger partial charge in [-0.05, 0) is 50.9 Å². The second kappa shape index (κ2) is 7.00. The van der Waals surface area contributed by atoms with E-state index in [4.69, 9.17) is 4.74 Å². The monoisotopic (exact) mass is 289 g/mol. The van der Waals surface area contributed by atoms with Gasteiger partial charge in [-0.1, -0.05) is 6.07 Å². The highest BCUT2D eigenvalue weighted by atomic mass is 16.5. The minimum absolute atomic E-state index is 0.0379. The van der Waals surface area contributed by atoms with Gasteiger partial charge in [0.1, 0.15) is 5.69 Å². The van der Waals surface area contributed by atoms with Crippen LogP contribution in [-0.2, 0) is 4.74 Å². The number of hydrogen-bond donors (Lipinski definition) is 1. The molecular weight excluding hydrogens is 266 g/mol. The largest absolute Gasteiger partial charge is 0.375 e. The van der Waals surface area contributed by atoms with Crippen LogP contribution in [0.2, 0.25) is 0 Å². The standard InChI is InChI=1S/C16H23N3O2/c20-16(15-3-1-2-8-18-15)19-11-6-14(7-12-19)21-13-4-9-17-10-5-13/h1-3,8,13-14,17H,4-7,9-12H2. The van der Waals surface area contributed by atoms with Crippen LogP contribution in [0.5, 0.6) is 0 Å². The Morgan fingerprint density at radius 1 is 1.14 bits per heavy atom. The van der Waals surface area contributed by atoms with Gasteiger partial charge in [0.2, 0.25) is 0 Å². The van der Waals surface area contributed by atoms with Gasteiger partial charge in [-0.2, -0.15) is 0 Å². The topological polar surface area (TPSA) is 54.5 Å². The first-order chi connectivity index (χ1) is 10.3. The van der Waals surface area contributed by atoms with Crippen molar-refractivity contribution in [3.63, 3.8) is 0 Å². The lowest BCUT2D eigenvalue weighted by Crippen LogP contribution is -2.43. The van der Waals surface area contributed by atoms with Gasteiger partial charge in [-0.25, -0.2) is 0 Å². The first-order valence-corrected chi connectivity index (χ1v) is 7.89. The lowest BCUT2D eigenvalue weighted by atomic mass is 10.1. The number of ether oxygens (including phenoxy) is 1. The van der Waals surface area contributed by atoms with Gasteiger partial charge in [0.15, 0.2) is 0 Å². The molecule has 0 unspecified atom stereocenters.